The van der Waals surface area contributed by atoms with E-state index in [9.17, 15) is 13.2 Å². The summed E-state index contributed by atoms with van der Waals surface area (Å²) in [5.74, 6) is -0.375. The summed E-state index contributed by atoms with van der Waals surface area (Å²) in [5, 5.41) is 3.18. The Morgan fingerprint density at radius 1 is 1.12 bits per heavy atom. The molecule has 0 radical (unpaired) electrons. The second-order valence-corrected chi connectivity index (χ2v) is 7.50. The van der Waals surface area contributed by atoms with Crippen LogP contribution >= 0.6 is 11.6 Å². The van der Waals surface area contributed by atoms with E-state index in [4.69, 9.17) is 11.6 Å². The van der Waals surface area contributed by atoms with E-state index in [-0.39, 0.29) is 17.3 Å². The first-order valence-electron chi connectivity index (χ1n) is 7.45. The van der Waals surface area contributed by atoms with E-state index < -0.39 is 10.0 Å². The minimum Gasteiger partial charge on any atom is -0.355 e. The van der Waals surface area contributed by atoms with E-state index in [1.165, 1.54) is 18.2 Å². The lowest BCUT2D eigenvalue weighted by atomic mass is 10.1. The Morgan fingerprint density at radius 3 is 2.50 bits per heavy atom. The maximum atomic E-state index is 12.2. The van der Waals surface area contributed by atoms with Crippen LogP contribution in [0.15, 0.2) is 53.4 Å². The van der Waals surface area contributed by atoms with Crippen LogP contribution in [0.5, 0.6) is 0 Å². The zero-order chi connectivity index (χ0) is 17.6. The van der Waals surface area contributed by atoms with Crippen molar-refractivity contribution in [1.82, 2.24) is 10.0 Å². The number of rotatable bonds is 7. The first-order valence-corrected chi connectivity index (χ1v) is 9.31. The molecule has 128 valence electrons. The molecule has 0 spiro atoms. The third-order valence-corrected chi connectivity index (χ3v) is 5.26. The molecule has 0 aromatic heterocycles. The smallest absolute Gasteiger partial charge is 0.241 e. The van der Waals surface area contributed by atoms with Crippen LogP contribution < -0.4 is 10.0 Å². The predicted molar refractivity (Wildman–Crippen MR) is 94.5 cm³/mol. The van der Waals surface area contributed by atoms with Gasteiger partial charge in [-0.2, -0.15) is 0 Å². The fraction of sp³-hybridized carbons (Fsp3) is 0.235. The van der Waals surface area contributed by atoms with Gasteiger partial charge < -0.3 is 5.32 Å². The Kier molecular flexibility index (Phi) is 6.36. The highest BCUT2D eigenvalue weighted by atomic mass is 35.5. The highest BCUT2D eigenvalue weighted by Gasteiger charge is 2.16. The molecule has 0 atom stereocenters. The van der Waals surface area contributed by atoms with Crippen LogP contribution in [0.1, 0.15) is 11.1 Å². The minimum atomic E-state index is -3.74. The molecule has 0 fully saturated rings. The molecule has 24 heavy (non-hydrogen) atoms. The number of carbonyl (C=O) groups is 1. The maximum Gasteiger partial charge on any atom is 0.241 e. The summed E-state index contributed by atoms with van der Waals surface area (Å²) in [6, 6.07) is 14.1. The lowest BCUT2D eigenvalue weighted by molar-refractivity contribution is -0.119. The van der Waals surface area contributed by atoms with Crippen molar-refractivity contribution >= 4 is 27.5 Å². The molecule has 0 saturated heterocycles. The summed E-state index contributed by atoms with van der Waals surface area (Å²) >= 11 is 5.89. The number of hydrogen-bond donors (Lipinski definition) is 2. The van der Waals surface area contributed by atoms with E-state index in [0.717, 1.165) is 5.56 Å². The van der Waals surface area contributed by atoms with Gasteiger partial charge in [0.25, 0.3) is 0 Å². The highest BCUT2D eigenvalue weighted by molar-refractivity contribution is 7.89. The molecule has 0 unspecified atom stereocenters. The number of nitrogens with one attached hydrogen (secondary N) is 2. The highest BCUT2D eigenvalue weighted by Crippen LogP contribution is 2.19. The van der Waals surface area contributed by atoms with E-state index in [0.29, 0.717) is 23.6 Å². The largest absolute Gasteiger partial charge is 0.355 e. The third kappa shape index (κ3) is 5.33. The molecule has 7 heteroatoms. The van der Waals surface area contributed by atoms with Gasteiger partial charge in [-0.25, -0.2) is 13.1 Å². The van der Waals surface area contributed by atoms with Gasteiger partial charge in [0.1, 0.15) is 0 Å². The summed E-state index contributed by atoms with van der Waals surface area (Å²) in [4.78, 5) is 11.9. The second-order valence-electron chi connectivity index (χ2n) is 5.32. The SMILES string of the molecule is Cc1cc(S(=O)(=O)NCC(=O)NCCc2ccccc2)ccc1Cl. The molecule has 0 aliphatic carbocycles. The van der Waals surface area contributed by atoms with Crippen LogP contribution in [0.25, 0.3) is 0 Å². The topological polar surface area (TPSA) is 75.3 Å². The van der Waals surface area contributed by atoms with Gasteiger partial charge in [-0.3, -0.25) is 4.79 Å². The lowest BCUT2D eigenvalue weighted by Gasteiger charge is -2.09. The molecule has 5 nitrogen and oxygen atoms in total. The summed E-state index contributed by atoms with van der Waals surface area (Å²) < 4.78 is 26.6. The van der Waals surface area contributed by atoms with Crippen molar-refractivity contribution in [3.05, 3.63) is 64.7 Å². The van der Waals surface area contributed by atoms with Gasteiger partial charge in [0, 0.05) is 11.6 Å². The molecule has 0 heterocycles. The quantitative estimate of drug-likeness (QED) is 0.789. The van der Waals surface area contributed by atoms with Crippen molar-refractivity contribution in [3.63, 3.8) is 0 Å². The molecule has 1 amide bonds. The molecule has 2 rings (SSSR count). The van der Waals surface area contributed by atoms with Crippen molar-refractivity contribution < 1.29 is 13.2 Å². The van der Waals surface area contributed by atoms with Crippen molar-refractivity contribution in [2.45, 2.75) is 18.2 Å². The number of sulfonamides is 1. The molecule has 2 aromatic carbocycles. The molecule has 2 N–H and O–H groups in total. The number of halogens is 1. The molecule has 0 aliphatic heterocycles. The monoisotopic (exact) mass is 366 g/mol. The summed E-state index contributed by atoms with van der Waals surface area (Å²) in [6.07, 6.45) is 0.690. The third-order valence-electron chi connectivity index (χ3n) is 3.44. The fourth-order valence-corrected chi connectivity index (χ4v) is 3.27. The number of carbonyl (C=O) groups excluding carboxylic acids is 1. The standard InChI is InChI=1S/C17H19ClN2O3S/c1-13-11-15(7-8-16(13)18)24(22,23)20-12-17(21)19-10-9-14-5-3-2-4-6-14/h2-8,11,20H,9-10,12H2,1H3,(H,19,21). The zero-order valence-corrected chi connectivity index (χ0v) is 14.8. The molecular formula is C17H19ClN2O3S. The van der Waals surface area contributed by atoms with Gasteiger partial charge >= 0.3 is 0 Å². The molecule has 0 bridgehead atoms. The van der Waals surface area contributed by atoms with Crippen molar-refractivity contribution in [1.29, 1.82) is 0 Å². The van der Waals surface area contributed by atoms with Crippen molar-refractivity contribution in [2.24, 2.45) is 0 Å². The van der Waals surface area contributed by atoms with Gasteiger partial charge in [0.2, 0.25) is 15.9 Å². The van der Waals surface area contributed by atoms with E-state index >= 15 is 0 Å². The zero-order valence-electron chi connectivity index (χ0n) is 13.3. The van der Waals surface area contributed by atoms with Gasteiger partial charge in [-0.1, -0.05) is 41.9 Å². The first-order chi connectivity index (χ1) is 11.4. The second kappa shape index (κ2) is 8.28. The summed E-state index contributed by atoms with van der Waals surface area (Å²) in [5.41, 5.74) is 1.77. The lowest BCUT2D eigenvalue weighted by Crippen LogP contribution is -2.37. The Hall–Kier alpha value is -1.89. The number of hydrogen-bond acceptors (Lipinski definition) is 3. The predicted octanol–water partition coefficient (Wildman–Crippen LogP) is 2.29. The fourth-order valence-electron chi connectivity index (χ4n) is 2.08. The summed E-state index contributed by atoms with van der Waals surface area (Å²) in [6.45, 7) is 1.86. The minimum absolute atomic E-state index is 0.0847. The van der Waals surface area contributed by atoms with Crippen molar-refractivity contribution in [3.8, 4) is 0 Å². The number of aryl methyl sites for hydroxylation is 1. The average molecular weight is 367 g/mol. The van der Waals surface area contributed by atoms with Crippen LogP contribution in [-0.2, 0) is 21.2 Å². The van der Waals surface area contributed by atoms with E-state index in [1.54, 1.807) is 6.92 Å². The average Bonchev–Trinajstić information content (AvgIpc) is 2.56. The maximum absolute atomic E-state index is 12.2. The first kappa shape index (κ1) is 18.4. The number of benzene rings is 2. The van der Waals surface area contributed by atoms with Crippen LogP contribution in [0, 0.1) is 6.92 Å². The Labute approximate surface area is 147 Å². The van der Waals surface area contributed by atoms with Crippen LogP contribution in [-0.4, -0.2) is 27.4 Å². The normalized spacial score (nSPS) is 11.2. The van der Waals surface area contributed by atoms with Gasteiger partial charge in [0.15, 0.2) is 0 Å². The van der Waals surface area contributed by atoms with E-state index in [2.05, 4.69) is 10.0 Å². The van der Waals surface area contributed by atoms with Crippen molar-refractivity contribution in [2.75, 3.05) is 13.1 Å². The van der Waals surface area contributed by atoms with Crippen LogP contribution in [0.3, 0.4) is 0 Å². The Balaban J connectivity index is 1.83. The summed E-state index contributed by atoms with van der Waals surface area (Å²) in [7, 11) is -3.74. The van der Waals surface area contributed by atoms with Crippen LogP contribution in [0.4, 0.5) is 0 Å². The number of amides is 1. The van der Waals surface area contributed by atoms with Gasteiger partial charge in [-0.05, 0) is 42.7 Å². The van der Waals surface area contributed by atoms with Crippen LogP contribution in [0.2, 0.25) is 5.02 Å². The molecule has 2 aromatic rings. The van der Waals surface area contributed by atoms with Gasteiger partial charge in [0.05, 0.1) is 11.4 Å². The van der Waals surface area contributed by atoms with Gasteiger partial charge in [-0.15, -0.1) is 0 Å². The molecular weight excluding hydrogens is 348 g/mol. The molecule has 0 aliphatic rings. The molecule has 0 saturated carbocycles. The Bertz CT molecular complexity index is 808. The van der Waals surface area contributed by atoms with E-state index in [1.807, 2.05) is 30.3 Å². The Morgan fingerprint density at radius 2 is 1.83 bits per heavy atom.